The third-order valence-electron chi connectivity index (χ3n) is 3.90. The van der Waals surface area contributed by atoms with Crippen LogP contribution in [-0.2, 0) is 10.0 Å². The van der Waals surface area contributed by atoms with Crippen molar-refractivity contribution >= 4 is 38.8 Å². The van der Waals surface area contributed by atoms with E-state index in [2.05, 4.69) is 25.3 Å². The van der Waals surface area contributed by atoms with E-state index in [1.54, 1.807) is 19.2 Å². The van der Waals surface area contributed by atoms with Gasteiger partial charge in [-0.15, -0.1) is 11.3 Å². The van der Waals surface area contributed by atoms with Crippen molar-refractivity contribution < 1.29 is 13.2 Å². The lowest BCUT2D eigenvalue weighted by atomic mass is 10.3. The maximum atomic E-state index is 12.2. The van der Waals surface area contributed by atoms with Gasteiger partial charge in [0.1, 0.15) is 15.8 Å². The largest absolute Gasteiger partial charge is 0.497 e. The SMILES string of the molecule is COc1ccc(Nc2cc(C)nc(NCCNS(=O)(=O)c3ccc(C)s3)n2)cc1. The van der Waals surface area contributed by atoms with Crippen LogP contribution in [0, 0.1) is 13.8 Å². The van der Waals surface area contributed by atoms with Crippen LogP contribution < -0.4 is 20.1 Å². The third-order valence-corrected chi connectivity index (χ3v) is 6.85. The zero-order valence-electron chi connectivity index (χ0n) is 16.4. The second-order valence-electron chi connectivity index (χ2n) is 6.26. The molecule has 0 atom stereocenters. The number of hydrogen-bond acceptors (Lipinski definition) is 8. The molecule has 2 heterocycles. The van der Waals surface area contributed by atoms with Crippen molar-refractivity contribution in [2.75, 3.05) is 30.8 Å². The summed E-state index contributed by atoms with van der Waals surface area (Å²) in [5, 5.41) is 6.27. The summed E-state index contributed by atoms with van der Waals surface area (Å²) < 4.78 is 32.5. The molecule has 0 saturated heterocycles. The molecule has 10 heteroatoms. The van der Waals surface area contributed by atoms with Gasteiger partial charge in [-0.3, -0.25) is 0 Å². The van der Waals surface area contributed by atoms with Crippen molar-refractivity contribution in [3.63, 3.8) is 0 Å². The second-order valence-corrected chi connectivity index (χ2v) is 9.54. The first-order chi connectivity index (χ1) is 13.9. The maximum Gasteiger partial charge on any atom is 0.250 e. The number of thiophene rings is 1. The molecule has 0 aliphatic carbocycles. The maximum absolute atomic E-state index is 12.2. The van der Waals surface area contributed by atoms with Crippen LogP contribution >= 0.6 is 11.3 Å². The first-order valence-electron chi connectivity index (χ1n) is 8.92. The van der Waals surface area contributed by atoms with Gasteiger partial charge in [0.15, 0.2) is 0 Å². The highest BCUT2D eigenvalue weighted by atomic mass is 32.2. The molecule has 0 bridgehead atoms. The average molecular weight is 434 g/mol. The highest BCUT2D eigenvalue weighted by Crippen LogP contribution is 2.21. The van der Waals surface area contributed by atoms with Crippen molar-refractivity contribution in [2.45, 2.75) is 18.1 Å². The minimum Gasteiger partial charge on any atom is -0.497 e. The molecular formula is C19H23N5O3S2. The van der Waals surface area contributed by atoms with Gasteiger partial charge in [-0.2, -0.15) is 4.98 Å². The fourth-order valence-electron chi connectivity index (χ4n) is 2.52. The zero-order chi connectivity index (χ0) is 20.9. The van der Waals surface area contributed by atoms with Crippen molar-refractivity contribution in [3.05, 3.63) is 53.0 Å². The van der Waals surface area contributed by atoms with E-state index in [0.717, 1.165) is 22.0 Å². The predicted octanol–water partition coefficient (Wildman–Crippen LogP) is 3.30. The molecule has 0 saturated carbocycles. The summed E-state index contributed by atoms with van der Waals surface area (Å²) >= 11 is 1.24. The van der Waals surface area contributed by atoms with Crippen LogP contribution in [0.3, 0.4) is 0 Å². The molecule has 8 nitrogen and oxygen atoms in total. The lowest BCUT2D eigenvalue weighted by Gasteiger charge is -2.11. The lowest BCUT2D eigenvalue weighted by Crippen LogP contribution is -2.28. The van der Waals surface area contributed by atoms with Crippen molar-refractivity contribution in [1.82, 2.24) is 14.7 Å². The number of aromatic nitrogens is 2. The van der Waals surface area contributed by atoms with E-state index in [0.29, 0.717) is 22.5 Å². The Morgan fingerprint density at radius 3 is 2.45 bits per heavy atom. The molecule has 0 aliphatic heterocycles. The van der Waals surface area contributed by atoms with Crippen LogP contribution in [0.4, 0.5) is 17.5 Å². The molecule has 0 unspecified atom stereocenters. The minimum absolute atomic E-state index is 0.220. The fourth-order valence-corrected chi connectivity index (χ4v) is 4.88. The smallest absolute Gasteiger partial charge is 0.250 e. The molecular weight excluding hydrogens is 410 g/mol. The third kappa shape index (κ3) is 5.89. The number of aryl methyl sites for hydroxylation is 2. The Balaban J connectivity index is 1.57. The summed E-state index contributed by atoms with van der Waals surface area (Å²) in [7, 11) is -1.87. The number of anilines is 3. The number of benzene rings is 1. The van der Waals surface area contributed by atoms with Crippen LogP contribution in [0.5, 0.6) is 5.75 Å². The standard InChI is InChI=1S/C19H23N5O3S2/c1-13-12-17(23-15-5-7-16(27-3)8-6-15)24-19(22-13)20-10-11-21-29(25,26)18-9-4-14(2)28-18/h4-9,12,21H,10-11H2,1-3H3,(H2,20,22,23,24). The van der Waals surface area contributed by atoms with E-state index in [9.17, 15) is 8.42 Å². The molecule has 3 rings (SSSR count). The Kier molecular flexibility index (Phi) is 6.68. The van der Waals surface area contributed by atoms with Gasteiger partial charge in [-0.25, -0.2) is 18.1 Å². The van der Waals surface area contributed by atoms with Crippen LogP contribution in [0.1, 0.15) is 10.6 Å². The summed E-state index contributed by atoms with van der Waals surface area (Å²) in [6.45, 7) is 4.32. The van der Waals surface area contributed by atoms with Crippen LogP contribution in [0.15, 0.2) is 46.7 Å². The molecule has 0 aliphatic rings. The Morgan fingerprint density at radius 2 is 1.79 bits per heavy atom. The summed E-state index contributed by atoms with van der Waals surface area (Å²) in [6, 6.07) is 12.7. The number of ether oxygens (including phenoxy) is 1. The number of sulfonamides is 1. The molecule has 29 heavy (non-hydrogen) atoms. The van der Waals surface area contributed by atoms with E-state index >= 15 is 0 Å². The molecule has 0 radical (unpaired) electrons. The van der Waals surface area contributed by atoms with Crippen molar-refractivity contribution in [3.8, 4) is 5.75 Å². The minimum atomic E-state index is -3.49. The highest BCUT2D eigenvalue weighted by molar-refractivity contribution is 7.91. The summed E-state index contributed by atoms with van der Waals surface area (Å²) in [5.74, 6) is 1.84. The first kappa shape index (κ1) is 21.0. The van der Waals surface area contributed by atoms with Crippen LogP contribution in [-0.4, -0.2) is 38.6 Å². The molecule has 1 aromatic carbocycles. The van der Waals surface area contributed by atoms with Gasteiger partial charge >= 0.3 is 0 Å². The van der Waals surface area contributed by atoms with Crippen molar-refractivity contribution in [1.29, 1.82) is 0 Å². The van der Waals surface area contributed by atoms with E-state index in [4.69, 9.17) is 4.74 Å². The first-order valence-corrected chi connectivity index (χ1v) is 11.2. The van der Waals surface area contributed by atoms with Gasteiger partial charge < -0.3 is 15.4 Å². The van der Waals surface area contributed by atoms with Gasteiger partial charge in [0.2, 0.25) is 16.0 Å². The topological polar surface area (TPSA) is 105 Å². The predicted molar refractivity (Wildman–Crippen MR) is 116 cm³/mol. The van der Waals surface area contributed by atoms with E-state index < -0.39 is 10.0 Å². The molecule has 2 aromatic heterocycles. The Morgan fingerprint density at radius 1 is 1.03 bits per heavy atom. The number of methoxy groups -OCH3 is 1. The van der Waals surface area contributed by atoms with E-state index in [1.807, 2.05) is 44.2 Å². The number of rotatable bonds is 9. The number of hydrogen-bond donors (Lipinski definition) is 3. The highest BCUT2D eigenvalue weighted by Gasteiger charge is 2.15. The Labute approximate surface area is 174 Å². The molecule has 3 aromatic rings. The number of nitrogens with one attached hydrogen (secondary N) is 3. The molecule has 0 fully saturated rings. The molecule has 0 spiro atoms. The van der Waals surface area contributed by atoms with E-state index in [-0.39, 0.29) is 6.54 Å². The van der Waals surface area contributed by atoms with Gasteiger partial charge in [0.05, 0.1) is 7.11 Å². The van der Waals surface area contributed by atoms with Gasteiger partial charge in [-0.05, 0) is 50.2 Å². The lowest BCUT2D eigenvalue weighted by molar-refractivity contribution is 0.415. The van der Waals surface area contributed by atoms with Crippen LogP contribution in [0.2, 0.25) is 0 Å². The normalized spacial score (nSPS) is 11.3. The monoisotopic (exact) mass is 433 g/mol. The fraction of sp³-hybridized carbons (Fsp3) is 0.263. The van der Waals surface area contributed by atoms with Crippen LogP contribution in [0.25, 0.3) is 0 Å². The summed E-state index contributed by atoms with van der Waals surface area (Å²) in [4.78, 5) is 9.72. The van der Waals surface area contributed by atoms with Crippen molar-refractivity contribution in [2.24, 2.45) is 0 Å². The second kappa shape index (κ2) is 9.21. The molecule has 154 valence electrons. The van der Waals surface area contributed by atoms with Gasteiger partial charge in [-0.1, -0.05) is 0 Å². The molecule has 0 amide bonds. The van der Waals surface area contributed by atoms with Gasteiger partial charge in [0.25, 0.3) is 0 Å². The quantitative estimate of drug-likeness (QED) is 0.445. The molecule has 3 N–H and O–H groups in total. The zero-order valence-corrected chi connectivity index (χ0v) is 18.0. The summed E-state index contributed by atoms with van der Waals surface area (Å²) in [5.41, 5.74) is 1.65. The summed E-state index contributed by atoms with van der Waals surface area (Å²) in [6.07, 6.45) is 0. The average Bonchev–Trinajstić information content (AvgIpc) is 3.13. The Hall–Kier alpha value is -2.69. The van der Waals surface area contributed by atoms with Gasteiger partial charge in [0, 0.05) is 35.4 Å². The van der Waals surface area contributed by atoms with E-state index in [1.165, 1.54) is 11.3 Å². The number of nitrogens with zero attached hydrogens (tertiary/aromatic N) is 2. The Bertz CT molecular complexity index is 1070.